The molecular weight excluding hydrogens is 232 g/mol. The molecule has 3 atom stereocenters. The molecule has 1 aromatic carbocycles. The number of piperidine rings is 1. The Balaban J connectivity index is 1.85. The van der Waals surface area contributed by atoms with E-state index in [0.29, 0.717) is 18.1 Å². The van der Waals surface area contributed by atoms with E-state index in [0.717, 1.165) is 6.42 Å². The van der Waals surface area contributed by atoms with E-state index in [1.54, 1.807) is 0 Å². The van der Waals surface area contributed by atoms with Crippen LogP contribution in [0.25, 0.3) is 0 Å². The minimum atomic E-state index is 0.557. The third-order valence-electron chi connectivity index (χ3n) is 4.52. The minimum absolute atomic E-state index is 0.557. The summed E-state index contributed by atoms with van der Waals surface area (Å²) in [6.45, 7) is 8.07. The van der Waals surface area contributed by atoms with Crippen LogP contribution in [-0.4, -0.2) is 36.6 Å². The van der Waals surface area contributed by atoms with E-state index in [1.165, 1.54) is 30.5 Å². The van der Waals surface area contributed by atoms with Gasteiger partial charge in [-0.15, -0.1) is 0 Å². The Morgan fingerprint density at radius 1 is 1.37 bits per heavy atom. The van der Waals surface area contributed by atoms with Crippen LogP contribution in [0, 0.1) is 6.92 Å². The Hall–Kier alpha value is -0.860. The Morgan fingerprint density at radius 2 is 2.11 bits per heavy atom. The highest BCUT2D eigenvalue weighted by Gasteiger charge is 2.23. The normalized spacial score (nSPS) is 26.3. The summed E-state index contributed by atoms with van der Waals surface area (Å²) < 4.78 is 0. The summed E-state index contributed by atoms with van der Waals surface area (Å²) in [5.74, 6) is 0. The van der Waals surface area contributed by atoms with Gasteiger partial charge in [-0.05, 0) is 64.8 Å². The highest BCUT2D eigenvalue weighted by atomic mass is 15.1. The molecule has 2 heteroatoms. The first-order valence-corrected chi connectivity index (χ1v) is 7.57. The van der Waals surface area contributed by atoms with Crippen LogP contribution >= 0.6 is 0 Å². The number of likely N-dealkylation sites (tertiary alicyclic amines) is 1. The Morgan fingerprint density at radius 3 is 2.79 bits per heavy atom. The van der Waals surface area contributed by atoms with Gasteiger partial charge >= 0.3 is 0 Å². The Labute approximate surface area is 118 Å². The van der Waals surface area contributed by atoms with Gasteiger partial charge in [0.15, 0.2) is 0 Å². The average Bonchev–Trinajstić information content (AvgIpc) is 2.37. The summed E-state index contributed by atoms with van der Waals surface area (Å²) in [6, 6.07) is 10.7. The fourth-order valence-corrected chi connectivity index (χ4v) is 3.07. The number of nitrogens with zero attached hydrogens (tertiary/aromatic N) is 1. The van der Waals surface area contributed by atoms with Crippen LogP contribution in [0.3, 0.4) is 0 Å². The van der Waals surface area contributed by atoms with E-state index in [2.05, 4.69) is 62.3 Å². The van der Waals surface area contributed by atoms with E-state index < -0.39 is 0 Å². The molecule has 1 saturated heterocycles. The fraction of sp³-hybridized carbons (Fsp3) is 0.647. The molecule has 106 valence electrons. The third-order valence-corrected chi connectivity index (χ3v) is 4.52. The first-order valence-electron chi connectivity index (χ1n) is 7.57. The van der Waals surface area contributed by atoms with Gasteiger partial charge in [0.1, 0.15) is 0 Å². The standard InChI is InChI=1S/C17H28N2/c1-13-7-5-6-8-16(13)11-14(2)18-17-9-10-19(4)15(3)12-17/h5-8,14-15,17-18H,9-12H2,1-4H3. The van der Waals surface area contributed by atoms with Crippen molar-refractivity contribution in [3.8, 4) is 0 Å². The lowest BCUT2D eigenvalue weighted by Gasteiger charge is -2.36. The van der Waals surface area contributed by atoms with Crippen molar-refractivity contribution < 1.29 is 0 Å². The second-order valence-corrected chi connectivity index (χ2v) is 6.25. The van der Waals surface area contributed by atoms with Crippen molar-refractivity contribution in [1.29, 1.82) is 0 Å². The highest BCUT2D eigenvalue weighted by molar-refractivity contribution is 5.26. The van der Waals surface area contributed by atoms with Gasteiger partial charge in [0, 0.05) is 18.1 Å². The molecule has 0 amide bonds. The summed E-state index contributed by atoms with van der Waals surface area (Å²) in [6.07, 6.45) is 3.68. The second-order valence-electron chi connectivity index (χ2n) is 6.25. The van der Waals surface area contributed by atoms with Crippen molar-refractivity contribution in [2.45, 2.75) is 58.2 Å². The molecule has 1 aromatic rings. The topological polar surface area (TPSA) is 15.3 Å². The van der Waals surface area contributed by atoms with Gasteiger partial charge in [-0.25, -0.2) is 0 Å². The number of nitrogens with one attached hydrogen (secondary N) is 1. The zero-order valence-corrected chi connectivity index (χ0v) is 12.8. The van der Waals surface area contributed by atoms with E-state index in [1.807, 2.05) is 0 Å². The number of hydrogen-bond acceptors (Lipinski definition) is 2. The summed E-state index contributed by atoms with van der Waals surface area (Å²) in [5.41, 5.74) is 2.89. The maximum Gasteiger partial charge on any atom is 0.00966 e. The molecule has 3 unspecified atom stereocenters. The second kappa shape index (κ2) is 6.53. The molecule has 2 rings (SSSR count). The van der Waals surface area contributed by atoms with Crippen molar-refractivity contribution in [2.75, 3.05) is 13.6 Å². The fourth-order valence-electron chi connectivity index (χ4n) is 3.07. The molecule has 19 heavy (non-hydrogen) atoms. The summed E-state index contributed by atoms with van der Waals surface area (Å²) in [7, 11) is 2.23. The SMILES string of the molecule is Cc1ccccc1CC(C)NC1CCN(C)C(C)C1. The molecule has 0 spiro atoms. The smallest absolute Gasteiger partial charge is 0.00966 e. The highest BCUT2D eigenvalue weighted by Crippen LogP contribution is 2.17. The van der Waals surface area contributed by atoms with Gasteiger partial charge in [0.05, 0.1) is 0 Å². The van der Waals surface area contributed by atoms with Gasteiger partial charge in [-0.1, -0.05) is 24.3 Å². The van der Waals surface area contributed by atoms with Crippen molar-refractivity contribution in [1.82, 2.24) is 10.2 Å². The van der Waals surface area contributed by atoms with E-state index in [-0.39, 0.29) is 0 Å². The molecule has 0 bridgehead atoms. The first kappa shape index (κ1) is 14.5. The number of rotatable bonds is 4. The summed E-state index contributed by atoms with van der Waals surface area (Å²) in [5, 5.41) is 3.82. The predicted octanol–water partition coefficient (Wildman–Crippen LogP) is 3.00. The number of aryl methyl sites for hydroxylation is 1. The van der Waals surface area contributed by atoms with E-state index in [9.17, 15) is 0 Å². The van der Waals surface area contributed by atoms with Crippen LogP contribution in [0.2, 0.25) is 0 Å². The van der Waals surface area contributed by atoms with Gasteiger partial charge in [0.2, 0.25) is 0 Å². The van der Waals surface area contributed by atoms with Crippen LogP contribution in [0.1, 0.15) is 37.8 Å². The first-order chi connectivity index (χ1) is 9.06. The molecule has 0 saturated carbocycles. The summed E-state index contributed by atoms with van der Waals surface area (Å²) in [4.78, 5) is 2.46. The van der Waals surface area contributed by atoms with E-state index >= 15 is 0 Å². The van der Waals surface area contributed by atoms with Crippen molar-refractivity contribution in [3.63, 3.8) is 0 Å². The molecule has 0 aromatic heterocycles. The van der Waals surface area contributed by atoms with Crippen molar-refractivity contribution >= 4 is 0 Å². The Bertz CT molecular complexity index is 402. The molecule has 0 radical (unpaired) electrons. The van der Waals surface area contributed by atoms with Gasteiger partial charge < -0.3 is 10.2 Å². The van der Waals surface area contributed by atoms with Crippen LogP contribution in [0.5, 0.6) is 0 Å². The average molecular weight is 260 g/mol. The number of hydrogen-bond donors (Lipinski definition) is 1. The van der Waals surface area contributed by atoms with Gasteiger partial charge in [-0.3, -0.25) is 0 Å². The van der Waals surface area contributed by atoms with Crippen molar-refractivity contribution in [2.24, 2.45) is 0 Å². The minimum Gasteiger partial charge on any atom is -0.311 e. The van der Waals surface area contributed by atoms with Crippen LogP contribution < -0.4 is 5.32 Å². The molecule has 1 fully saturated rings. The zero-order valence-electron chi connectivity index (χ0n) is 12.8. The van der Waals surface area contributed by atoms with E-state index in [4.69, 9.17) is 0 Å². The maximum absolute atomic E-state index is 3.82. The maximum atomic E-state index is 3.82. The molecule has 1 aliphatic rings. The van der Waals surface area contributed by atoms with Crippen LogP contribution in [-0.2, 0) is 6.42 Å². The zero-order chi connectivity index (χ0) is 13.8. The lowest BCUT2D eigenvalue weighted by atomic mass is 9.96. The van der Waals surface area contributed by atoms with Gasteiger partial charge in [0.25, 0.3) is 0 Å². The molecule has 0 aliphatic carbocycles. The Kier molecular flexibility index (Phi) is 5.00. The lowest BCUT2D eigenvalue weighted by Crippen LogP contribution is -2.48. The summed E-state index contributed by atoms with van der Waals surface area (Å²) >= 11 is 0. The molecule has 2 nitrogen and oxygen atoms in total. The molecule has 1 aliphatic heterocycles. The predicted molar refractivity (Wildman–Crippen MR) is 82.6 cm³/mol. The van der Waals surface area contributed by atoms with Crippen LogP contribution in [0.4, 0.5) is 0 Å². The van der Waals surface area contributed by atoms with Gasteiger partial charge in [-0.2, -0.15) is 0 Å². The molecule has 1 N–H and O–H groups in total. The lowest BCUT2D eigenvalue weighted by molar-refractivity contribution is 0.163. The quantitative estimate of drug-likeness (QED) is 0.895. The number of benzene rings is 1. The third kappa shape index (κ3) is 4.05. The molecule has 1 heterocycles. The largest absolute Gasteiger partial charge is 0.311 e. The molecular formula is C17H28N2. The van der Waals surface area contributed by atoms with Crippen molar-refractivity contribution in [3.05, 3.63) is 35.4 Å². The monoisotopic (exact) mass is 260 g/mol. The van der Waals surface area contributed by atoms with Crippen LogP contribution in [0.15, 0.2) is 24.3 Å².